The molecule has 3 aromatic rings. The Labute approximate surface area is 178 Å². The summed E-state index contributed by atoms with van der Waals surface area (Å²) in [6.45, 7) is 6.26. The number of nitrogens with zero attached hydrogens (tertiary/aromatic N) is 2. The molecule has 0 amide bonds. The fourth-order valence-electron chi connectivity index (χ4n) is 4.81. The van der Waals surface area contributed by atoms with E-state index in [2.05, 4.69) is 14.5 Å². The zero-order valence-electron chi connectivity index (χ0n) is 17.2. The number of fused-ring (bicyclic) bond motifs is 2. The highest BCUT2D eigenvalue weighted by molar-refractivity contribution is 7.93. The second-order valence-electron chi connectivity index (χ2n) is 8.38. The fraction of sp³-hybridized carbons (Fsp3) is 0.333. The van der Waals surface area contributed by atoms with E-state index < -0.39 is 10.0 Å². The third-order valence-corrected chi connectivity index (χ3v) is 7.82. The van der Waals surface area contributed by atoms with E-state index in [4.69, 9.17) is 0 Å². The van der Waals surface area contributed by atoms with Gasteiger partial charge in [-0.05, 0) is 50.6 Å². The molecule has 0 radical (unpaired) electrons. The molecule has 1 unspecified atom stereocenters. The van der Waals surface area contributed by atoms with Crippen LogP contribution in [0.25, 0.3) is 10.8 Å². The largest absolute Gasteiger partial charge is 0.368 e. The Kier molecular flexibility index (Phi) is 4.91. The van der Waals surface area contributed by atoms with Crippen LogP contribution in [-0.2, 0) is 10.0 Å². The lowest BCUT2D eigenvalue weighted by atomic mass is 10.1. The number of anilines is 2. The normalized spacial score (nSPS) is 19.8. The number of hydrogen-bond acceptors (Lipinski definition) is 4. The summed E-state index contributed by atoms with van der Waals surface area (Å²) in [6, 6.07) is 19.6. The molecule has 3 aromatic carbocycles. The van der Waals surface area contributed by atoms with E-state index >= 15 is 0 Å². The molecule has 0 saturated carbocycles. The Morgan fingerprint density at radius 3 is 2.47 bits per heavy atom. The SMILES string of the molecule is Cc1ccc(NS(=O)(=O)c2ccc(N3CCN4CCCC4C3)c3ccccc23)cc1. The van der Waals surface area contributed by atoms with Gasteiger partial charge in [-0.15, -0.1) is 0 Å². The van der Waals surface area contributed by atoms with Crippen LogP contribution >= 0.6 is 0 Å². The molecule has 5 nitrogen and oxygen atoms in total. The first-order chi connectivity index (χ1) is 14.5. The molecule has 5 rings (SSSR count). The number of rotatable bonds is 4. The summed E-state index contributed by atoms with van der Waals surface area (Å²) in [5, 5.41) is 1.76. The van der Waals surface area contributed by atoms with Gasteiger partial charge in [-0.2, -0.15) is 0 Å². The molecule has 0 aliphatic carbocycles. The second-order valence-corrected chi connectivity index (χ2v) is 10.0. The van der Waals surface area contributed by atoms with Gasteiger partial charge in [-0.3, -0.25) is 9.62 Å². The average molecular weight is 422 g/mol. The van der Waals surface area contributed by atoms with Gasteiger partial charge >= 0.3 is 0 Å². The molecule has 2 saturated heterocycles. The molecular weight excluding hydrogens is 394 g/mol. The number of benzene rings is 3. The Morgan fingerprint density at radius 1 is 0.900 bits per heavy atom. The van der Waals surface area contributed by atoms with Crippen LogP contribution < -0.4 is 9.62 Å². The smallest absolute Gasteiger partial charge is 0.262 e. The van der Waals surface area contributed by atoms with Crippen molar-refractivity contribution in [3.05, 3.63) is 66.2 Å². The first-order valence-electron chi connectivity index (χ1n) is 10.6. The van der Waals surface area contributed by atoms with Crippen molar-refractivity contribution in [3.8, 4) is 0 Å². The van der Waals surface area contributed by atoms with Crippen LogP contribution in [0, 0.1) is 6.92 Å². The van der Waals surface area contributed by atoms with Crippen molar-refractivity contribution >= 4 is 32.2 Å². The first-order valence-corrected chi connectivity index (χ1v) is 12.1. The van der Waals surface area contributed by atoms with E-state index in [1.807, 2.05) is 49.4 Å². The van der Waals surface area contributed by atoms with Crippen molar-refractivity contribution in [2.24, 2.45) is 0 Å². The van der Waals surface area contributed by atoms with Crippen LogP contribution in [0.2, 0.25) is 0 Å². The van der Waals surface area contributed by atoms with Crippen LogP contribution in [0.3, 0.4) is 0 Å². The molecule has 0 bridgehead atoms. The third kappa shape index (κ3) is 3.55. The van der Waals surface area contributed by atoms with Gasteiger partial charge < -0.3 is 4.90 Å². The molecule has 1 atom stereocenters. The fourth-order valence-corrected chi connectivity index (χ4v) is 6.08. The summed E-state index contributed by atoms with van der Waals surface area (Å²) >= 11 is 0. The number of piperazine rings is 1. The van der Waals surface area contributed by atoms with E-state index in [0.717, 1.165) is 41.7 Å². The number of sulfonamides is 1. The first kappa shape index (κ1) is 19.4. The Bertz CT molecular complexity index is 1170. The molecule has 6 heteroatoms. The van der Waals surface area contributed by atoms with Crippen LogP contribution in [0.15, 0.2) is 65.6 Å². The topological polar surface area (TPSA) is 52.7 Å². The molecule has 2 heterocycles. The van der Waals surface area contributed by atoms with Crippen LogP contribution in [0.4, 0.5) is 11.4 Å². The van der Waals surface area contributed by atoms with Crippen molar-refractivity contribution in [1.82, 2.24) is 4.90 Å². The van der Waals surface area contributed by atoms with Gasteiger partial charge in [-0.1, -0.05) is 42.0 Å². The molecule has 30 heavy (non-hydrogen) atoms. The van der Waals surface area contributed by atoms with Crippen LogP contribution in [0.5, 0.6) is 0 Å². The molecular formula is C24H27N3O2S. The summed E-state index contributed by atoms with van der Waals surface area (Å²) in [4.78, 5) is 5.34. The maximum atomic E-state index is 13.2. The molecule has 156 valence electrons. The van der Waals surface area contributed by atoms with Gasteiger partial charge in [0.2, 0.25) is 0 Å². The van der Waals surface area contributed by atoms with Gasteiger partial charge in [0.25, 0.3) is 10.0 Å². The zero-order valence-corrected chi connectivity index (χ0v) is 18.0. The van der Waals surface area contributed by atoms with Gasteiger partial charge in [0, 0.05) is 47.8 Å². The minimum Gasteiger partial charge on any atom is -0.368 e. The van der Waals surface area contributed by atoms with Crippen molar-refractivity contribution in [2.45, 2.75) is 30.7 Å². The molecule has 1 N–H and O–H groups in total. The lowest BCUT2D eigenvalue weighted by molar-refractivity contribution is 0.231. The summed E-state index contributed by atoms with van der Waals surface area (Å²) in [5.41, 5.74) is 2.80. The molecule has 0 spiro atoms. The average Bonchev–Trinajstić information content (AvgIpc) is 3.22. The summed E-state index contributed by atoms with van der Waals surface area (Å²) in [5.74, 6) is 0. The summed E-state index contributed by atoms with van der Waals surface area (Å²) < 4.78 is 29.1. The highest BCUT2D eigenvalue weighted by Gasteiger charge is 2.31. The lowest BCUT2D eigenvalue weighted by Crippen LogP contribution is -2.50. The minimum absolute atomic E-state index is 0.321. The molecule has 2 aliphatic rings. The number of hydrogen-bond donors (Lipinski definition) is 1. The molecule has 2 fully saturated rings. The van der Waals surface area contributed by atoms with Gasteiger partial charge in [-0.25, -0.2) is 8.42 Å². The van der Waals surface area contributed by atoms with Crippen molar-refractivity contribution in [1.29, 1.82) is 0 Å². The lowest BCUT2D eigenvalue weighted by Gasteiger charge is -2.39. The zero-order chi connectivity index (χ0) is 20.7. The number of aryl methyl sites for hydroxylation is 1. The van der Waals surface area contributed by atoms with E-state index in [-0.39, 0.29) is 0 Å². The maximum absolute atomic E-state index is 13.2. The molecule has 0 aromatic heterocycles. The number of nitrogens with one attached hydrogen (secondary N) is 1. The minimum atomic E-state index is -3.69. The van der Waals surface area contributed by atoms with E-state index in [1.54, 1.807) is 18.2 Å². The third-order valence-electron chi connectivity index (χ3n) is 6.38. The predicted molar refractivity (Wildman–Crippen MR) is 123 cm³/mol. The Hall–Kier alpha value is -2.57. The second kappa shape index (κ2) is 7.60. The monoisotopic (exact) mass is 421 g/mol. The van der Waals surface area contributed by atoms with Crippen LogP contribution in [-0.4, -0.2) is 45.5 Å². The maximum Gasteiger partial charge on any atom is 0.262 e. The van der Waals surface area contributed by atoms with E-state index in [1.165, 1.54) is 19.4 Å². The standard InChI is InChI=1S/C24H27N3O2S/c1-18-8-10-19(11-9-18)25-30(28,29)24-13-12-23(21-6-2-3-7-22(21)24)27-16-15-26-14-4-5-20(26)17-27/h2-3,6-13,20,25H,4-5,14-17H2,1H3. The Morgan fingerprint density at radius 2 is 1.67 bits per heavy atom. The van der Waals surface area contributed by atoms with Crippen molar-refractivity contribution in [3.63, 3.8) is 0 Å². The van der Waals surface area contributed by atoms with E-state index in [9.17, 15) is 8.42 Å². The van der Waals surface area contributed by atoms with Gasteiger partial charge in [0.1, 0.15) is 0 Å². The molecule has 2 aliphatic heterocycles. The summed E-state index contributed by atoms with van der Waals surface area (Å²) in [6.07, 6.45) is 2.53. The highest BCUT2D eigenvalue weighted by atomic mass is 32.2. The predicted octanol–water partition coefficient (Wildman–Crippen LogP) is 4.23. The van der Waals surface area contributed by atoms with Crippen LogP contribution in [0.1, 0.15) is 18.4 Å². The van der Waals surface area contributed by atoms with Crippen molar-refractivity contribution in [2.75, 3.05) is 35.8 Å². The highest BCUT2D eigenvalue weighted by Crippen LogP contribution is 2.34. The quantitative estimate of drug-likeness (QED) is 0.685. The van der Waals surface area contributed by atoms with Gasteiger partial charge in [0.15, 0.2) is 0 Å². The van der Waals surface area contributed by atoms with Crippen molar-refractivity contribution < 1.29 is 8.42 Å². The van der Waals surface area contributed by atoms with Gasteiger partial charge in [0.05, 0.1) is 4.90 Å². The summed E-state index contributed by atoms with van der Waals surface area (Å²) in [7, 11) is -3.69. The Balaban J connectivity index is 1.51. The van der Waals surface area contributed by atoms with E-state index in [0.29, 0.717) is 16.6 Å².